The Balaban J connectivity index is 3.19. The number of aliphatic hydroxyl groups excluding tert-OH is 1. The van der Waals surface area contributed by atoms with Crippen LogP contribution in [0.4, 0.5) is 0 Å². The summed E-state index contributed by atoms with van der Waals surface area (Å²) in [6, 6.07) is 0. The zero-order valence-corrected chi connectivity index (χ0v) is 6.14. The van der Waals surface area contributed by atoms with Crippen LogP contribution in [0, 0.1) is 5.92 Å². The van der Waals surface area contributed by atoms with Gasteiger partial charge in [0.2, 0.25) is 0 Å². The molecular weight excluding hydrogens is 112 g/mol. The lowest BCUT2D eigenvalue weighted by Crippen LogP contribution is -2.02. The van der Waals surface area contributed by atoms with Gasteiger partial charge in [0, 0.05) is 6.61 Å². The van der Waals surface area contributed by atoms with E-state index in [0.717, 1.165) is 19.3 Å². The van der Waals surface area contributed by atoms with Crippen molar-refractivity contribution >= 4 is 0 Å². The van der Waals surface area contributed by atoms with E-state index in [4.69, 9.17) is 5.11 Å². The van der Waals surface area contributed by atoms with Gasteiger partial charge in [-0.25, -0.2) is 0 Å². The fourth-order valence-electron chi connectivity index (χ4n) is 0.778. The number of hydrogen-bond acceptors (Lipinski definition) is 1. The molecule has 0 fully saturated rings. The molecule has 0 saturated carbocycles. The summed E-state index contributed by atoms with van der Waals surface area (Å²) in [5.41, 5.74) is 0. The van der Waals surface area contributed by atoms with Gasteiger partial charge in [-0.3, -0.25) is 0 Å². The molecule has 54 valence electrons. The molecule has 1 N–H and O–H groups in total. The average Bonchev–Trinajstić information content (AvgIpc) is 1.91. The molecule has 0 aromatic carbocycles. The molecule has 0 spiro atoms. The second-order valence-corrected chi connectivity index (χ2v) is 2.32. The molecule has 0 aromatic heterocycles. The van der Waals surface area contributed by atoms with E-state index in [0.29, 0.717) is 12.5 Å². The maximum absolute atomic E-state index is 8.72. The highest BCUT2D eigenvalue weighted by molar-refractivity contribution is 4.68. The monoisotopic (exact) mass is 128 g/mol. The molecule has 0 aliphatic rings. The molecule has 0 aromatic rings. The van der Waals surface area contributed by atoms with E-state index in [2.05, 4.69) is 13.5 Å². The Bertz CT molecular complexity index is 65.0. The van der Waals surface area contributed by atoms with Crippen LogP contribution < -0.4 is 0 Å². The van der Waals surface area contributed by atoms with Crippen LogP contribution in [0.1, 0.15) is 26.2 Å². The summed E-state index contributed by atoms with van der Waals surface area (Å²) in [5, 5.41) is 8.72. The minimum atomic E-state index is 0.324. The minimum Gasteiger partial charge on any atom is -0.396 e. The second-order valence-electron chi connectivity index (χ2n) is 2.32. The van der Waals surface area contributed by atoms with Crippen LogP contribution in [0.15, 0.2) is 12.7 Å². The lowest BCUT2D eigenvalue weighted by Gasteiger charge is -2.07. The Morgan fingerprint density at radius 3 is 2.67 bits per heavy atom. The number of aliphatic hydroxyl groups is 1. The average molecular weight is 128 g/mol. The molecule has 0 rings (SSSR count). The molecule has 0 amide bonds. The van der Waals surface area contributed by atoms with E-state index in [9.17, 15) is 0 Å². The lowest BCUT2D eigenvalue weighted by molar-refractivity contribution is 0.216. The van der Waals surface area contributed by atoms with Crippen LogP contribution in [-0.4, -0.2) is 11.7 Å². The van der Waals surface area contributed by atoms with Crippen molar-refractivity contribution in [3.05, 3.63) is 12.7 Å². The smallest absolute Gasteiger partial charge is 0.0459 e. The van der Waals surface area contributed by atoms with Gasteiger partial charge in [0.25, 0.3) is 0 Å². The topological polar surface area (TPSA) is 20.2 Å². The van der Waals surface area contributed by atoms with E-state index < -0.39 is 0 Å². The van der Waals surface area contributed by atoms with Gasteiger partial charge in [-0.1, -0.05) is 19.4 Å². The van der Waals surface area contributed by atoms with Crippen LogP contribution in [0.2, 0.25) is 0 Å². The van der Waals surface area contributed by atoms with Crippen LogP contribution in [-0.2, 0) is 0 Å². The third-order valence-corrected chi connectivity index (χ3v) is 1.61. The predicted octanol–water partition coefficient (Wildman–Crippen LogP) is 1.97. The Morgan fingerprint density at radius 1 is 1.67 bits per heavy atom. The van der Waals surface area contributed by atoms with Crippen molar-refractivity contribution in [3.8, 4) is 0 Å². The van der Waals surface area contributed by atoms with Crippen molar-refractivity contribution in [2.75, 3.05) is 6.61 Å². The zero-order valence-electron chi connectivity index (χ0n) is 6.14. The molecule has 0 heterocycles. The van der Waals surface area contributed by atoms with E-state index in [1.165, 1.54) is 0 Å². The van der Waals surface area contributed by atoms with Crippen molar-refractivity contribution < 1.29 is 5.11 Å². The van der Waals surface area contributed by atoms with Crippen LogP contribution in [0.5, 0.6) is 0 Å². The number of allylic oxidation sites excluding steroid dienone is 1. The van der Waals surface area contributed by atoms with Crippen molar-refractivity contribution in [3.63, 3.8) is 0 Å². The van der Waals surface area contributed by atoms with Gasteiger partial charge < -0.3 is 5.11 Å². The quantitative estimate of drug-likeness (QED) is 0.561. The summed E-state index contributed by atoms with van der Waals surface area (Å²) in [4.78, 5) is 0. The molecule has 1 heteroatoms. The first-order chi connectivity index (χ1) is 4.35. The highest BCUT2D eigenvalue weighted by Gasteiger charge is 2.00. The van der Waals surface area contributed by atoms with Crippen molar-refractivity contribution in [1.82, 2.24) is 0 Å². The Kier molecular flexibility index (Phi) is 5.64. The fraction of sp³-hybridized carbons (Fsp3) is 0.750. The molecule has 1 nitrogen and oxygen atoms in total. The molecule has 0 aliphatic carbocycles. The summed E-state index contributed by atoms with van der Waals surface area (Å²) >= 11 is 0. The first-order valence-electron chi connectivity index (χ1n) is 3.56. The summed E-state index contributed by atoms with van der Waals surface area (Å²) in [7, 11) is 0. The van der Waals surface area contributed by atoms with Gasteiger partial charge in [-0.05, 0) is 18.8 Å². The number of hydrogen-bond donors (Lipinski definition) is 1. The standard InChI is InChI=1S/C8H16O/c1-3-5-6-8(4-2)7-9/h3,8-9H,1,4-7H2,2H3/t8-/m0/s1. The van der Waals surface area contributed by atoms with E-state index >= 15 is 0 Å². The van der Waals surface area contributed by atoms with Crippen molar-refractivity contribution in [2.24, 2.45) is 5.92 Å². The third-order valence-electron chi connectivity index (χ3n) is 1.61. The van der Waals surface area contributed by atoms with Gasteiger partial charge in [0.05, 0.1) is 0 Å². The van der Waals surface area contributed by atoms with E-state index in [1.54, 1.807) is 0 Å². The summed E-state index contributed by atoms with van der Waals surface area (Å²) in [6.45, 7) is 6.04. The second kappa shape index (κ2) is 5.83. The normalized spacial score (nSPS) is 13.1. The Hall–Kier alpha value is -0.300. The summed E-state index contributed by atoms with van der Waals surface area (Å²) in [5.74, 6) is 0.489. The van der Waals surface area contributed by atoms with Gasteiger partial charge in [-0.15, -0.1) is 6.58 Å². The van der Waals surface area contributed by atoms with Crippen LogP contribution in [0.3, 0.4) is 0 Å². The Labute approximate surface area is 57.4 Å². The van der Waals surface area contributed by atoms with Crippen LogP contribution >= 0.6 is 0 Å². The van der Waals surface area contributed by atoms with E-state index in [-0.39, 0.29) is 0 Å². The SMILES string of the molecule is C=CCC[C@H](CC)CO. The number of rotatable bonds is 5. The Morgan fingerprint density at radius 2 is 2.33 bits per heavy atom. The molecule has 0 radical (unpaired) electrons. The largest absolute Gasteiger partial charge is 0.396 e. The first kappa shape index (κ1) is 8.70. The predicted molar refractivity (Wildman–Crippen MR) is 40.3 cm³/mol. The third kappa shape index (κ3) is 4.22. The molecule has 0 aliphatic heterocycles. The van der Waals surface area contributed by atoms with Crippen molar-refractivity contribution in [2.45, 2.75) is 26.2 Å². The highest BCUT2D eigenvalue weighted by Crippen LogP contribution is 2.09. The van der Waals surface area contributed by atoms with Crippen molar-refractivity contribution in [1.29, 1.82) is 0 Å². The maximum Gasteiger partial charge on any atom is 0.0459 e. The van der Waals surface area contributed by atoms with Crippen LogP contribution in [0.25, 0.3) is 0 Å². The van der Waals surface area contributed by atoms with Gasteiger partial charge in [-0.2, -0.15) is 0 Å². The first-order valence-corrected chi connectivity index (χ1v) is 3.56. The fourth-order valence-corrected chi connectivity index (χ4v) is 0.778. The summed E-state index contributed by atoms with van der Waals surface area (Å²) < 4.78 is 0. The van der Waals surface area contributed by atoms with Gasteiger partial charge in [0.1, 0.15) is 0 Å². The zero-order chi connectivity index (χ0) is 7.11. The minimum absolute atomic E-state index is 0.324. The summed E-state index contributed by atoms with van der Waals surface area (Å²) in [6.07, 6.45) is 5.08. The molecule has 1 atom stereocenters. The maximum atomic E-state index is 8.72. The lowest BCUT2D eigenvalue weighted by atomic mass is 10.0. The van der Waals surface area contributed by atoms with Gasteiger partial charge in [0.15, 0.2) is 0 Å². The molecular formula is C8H16O. The molecule has 0 saturated heterocycles. The molecule has 0 unspecified atom stereocenters. The van der Waals surface area contributed by atoms with Gasteiger partial charge >= 0.3 is 0 Å². The molecule has 9 heavy (non-hydrogen) atoms. The molecule has 0 bridgehead atoms. The van der Waals surface area contributed by atoms with E-state index in [1.807, 2.05) is 6.08 Å². The highest BCUT2D eigenvalue weighted by atomic mass is 16.3.